The molecule has 112 valence electrons. The van der Waals surface area contributed by atoms with E-state index in [1.54, 1.807) is 12.3 Å². The molecule has 0 radical (unpaired) electrons. The number of nitrogens with one attached hydrogen (secondary N) is 2. The first-order valence-electron chi connectivity index (χ1n) is 7.43. The van der Waals surface area contributed by atoms with Crippen molar-refractivity contribution in [3.63, 3.8) is 0 Å². The van der Waals surface area contributed by atoms with E-state index in [1.807, 2.05) is 12.3 Å². The molecule has 1 aliphatic rings. The largest absolute Gasteiger partial charge is 0.490 e. The quantitative estimate of drug-likeness (QED) is 0.757. The number of ether oxygens (including phenoxy) is 1. The average Bonchev–Trinajstić information content (AvgIpc) is 2.96. The second-order valence-electron chi connectivity index (χ2n) is 5.39. The minimum atomic E-state index is -0.272. The molecule has 4 rings (SSSR count). The molecule has 0 aliphatic carbocycles. The number of aryl methyl sites for hydroxylation is 1. The number of H-pyrrole nitrogens is 1. The van der Waals surface area contributed by atoms with Gasteiger partial charge in [0.1, 0.15) is 23.8 Å². The van der Waals surface area contributed by atoms with E-state index >= 15 is 0 Å². The molecule has 2 aromatic heterocycles. The summed E-state index contributed by atoms with van der Waals surface area (Å²) < 4.78 is 20.0. The van der Waals surface area contributed by atoms with E-state index in [0.29, 0.717) is 30.2 Å². The summed E-state index contributed by atoms with van der Waals surface area (Å²) in [5, 5.41) is 4.18. The Bertz CT molecular complexity index is 856. The van der Waals surface area contributed by atoms with E-state index in [4.69, 9.17) is 4.74 Å². The summed E-state index contributed by atoms with van der Waals surface area (Å²) in [6.07, 6.45) is 4.56. The van der Waals surface area contributed by atoms with Gasteiger partial charge in [0.2, 0.25) is 0 Å². The Labute approximate surface area is 127 Å². The van der Waals surface area contributed by atoms with Gasteiger partial charge in [0, 0.05) is 41.5 Å². The topological polar surface area (TPSA) is 49.9 Å². The molecule has 2 N–H and O–H groups in total. The first-order valence-corrected chi connectivity index (χ1v) is 7.43. The second-order valence-corrected chi connectivity index (χ2v) is 5.39. The van der Waals surface area contributed by atoms with Crippen LogP contribution in [0.3, 0.4) is 0 Å². The van der Waals surface area contributed by atoms with Gasteiger partial charge in [-0.15, -0.1) is 0 Å². The number of hydrogen-bond acceptors (Lipinski definition) is 3. The van der Waals surface area contributed by atoms with Crippen LogP contribution in [0.5, 0.6) is 5.75 Å². The highest BCUT2D eigenvalue weighted by molar-refractivity contribution is 5.85. The van der Waals surface area contributed by atoms with Crippen LogP contribution in [-0.4, -0.2) is 23.1 Å². The number of pyridine rings is 1. The molecule has 0 spiro atoms. The van der Waals surface area contributed by atoms with Crippen molar-refractivity contribution >= 4 is 16.7 Å². The molecule has 4 nitrogen and oxygen atoms in total. The molecule has 0 saturated heterocycles. The van der Waals surface area contributed by atoms with Crippen molar-refractivity contribution in [1.29, 1.82) is 0 Å². The number of rotatable bonds is 2. The average molecular weight is 297 g/mol. The van der Waals surface area contributed by atoms with Crippen molar-refractivity contribution in [2.24, 2.45) is 0 Å². The van der Waals surface area contributed by atoms with Crippen molar-refractivity contribution < 1.29 is 9.13 Å². The number of aromatic nitrogens is 2. The molecular weight excluding hydrogens is 281 g/mol. The van der Waals surface area contributed by atoms with E-state index in [1.165, 1.54) is 11.6 Å². The Morgan fingerprint density at radius 3 is 3.09 bits per heavy atom. The fraction of sp³-hybridized carbons (Fsp3) is 0.235. The zero-order valence-electron chi connectivity index (χ0n) is 12.2. The van der Waals surface area contributed by atoms with Gasteiger partial charge in [0.05, 0.1) is 5.69 Å². The SMILES string of the molecule is CCc1c[nH]c2ncc(-c3cc4c(cc3F)NCCO4)cc12. The lowest BCUT2D eigenvalue weighted by Crippen LogP contribution is -2.18. The van der Waals surface area contributed by atoms with Gasteiger partial charge in [-0.05, 0) is 24.1 Å². The Morgan fingerprint density at radius 2 is 2.23 bits per heavy atom. The van der Waals surface area contributed by atoms with Crippen LogP contribution in [0.4, 0.5) is 10.1 Å². The van der Waals surface area contributed by atoms with Crippen molar-refractivity contribution in [2.75, 3.05) is 18.5 Å². The van der Waals surface area contributed by atoms with Crippen LogP contribution in [0.2, 0.25) is 0 Å². The lowest BCUT2D eigenvalue weighted by Gasteiger charge is -2.20. The van der Waals surface area contributed by atoms with E-state index in [0.717, 1.165) is 23.0 Å². The molecule has 0 atom stereocenters. The van der Waals surface area contributed by atoms with Gasteiger partial charge < -0.3 is 15.0 Å². The molecule has 0 fully saturated rings. The maximum atomic E-state index is 14.4. The summed E-state index contributed by atoms with van der Waals surface area (Å²) in [5.41, 5.74) is 3.99. The number of nitrogens with zero attached hydrogens (tertiary/aromatic N) is 1. The third-order valence-corrected chi connectivity index (χ3v) is 4.05. The maximum absolute atomic E-state index is 14.4. The van der Waals surface area contributed by atoms with E-state index < -0.39 is 0 Å². The smallest absolute Gasteiger partial charge is 0.143 e. The van der Waals surface area contributed by atoms with Crippen molar-refractivity contribution in [3.8, 4) is 16.9 Å². The van der Waals surface area contributed by atoms with Crippen LogP contribution < -0.4 is 10.1 Å². The van der Waals surface area contributed by atoms with Crippen molar-refractivity contribution in [1.82, 2.24) is 9.97 Å². The minimum Gasteiger partial charge on any atom is -0.490 e. The number of fused-ring (bicyclic) bond motifs is 2. The second kappa shape index (κ2) is 5.02. The lowest BCUT2D eigenvalue weighted by molar-refractivity contribution is 0.323. The molecule has 3 aromatic rings. The van der Waals surface area contributed by atoms with Crippen molar-refractivity contribution in [3.05, 3.63) is 42.0 Å². The maximum Gasteiger partial charge on any atom is 0.143 e. The monoisotopic (exact) mass is 297 g/mol. The summed E-state index contributed by atoms with van der Waals surface area (Å²) in [4.78, 5) is 7.54. The summed E-state index contributed by atoms with van der Waals surface area (Å²) in [6.45, 7) is 3.38. The highest BCUT2D eigenvalue weighted by atomic mass is 19.1. The normalized spacial score (nSPS) is 13.5. The standard InChI is InChI=1S/C17H16FN3O/c1-2-10-8-20-17-13(10)5-11(9-21-17)12-6-16-15(7-14(12)18)19-3-4-22-16/h5-9,19H,2-4H2,1H3,(H,20,21). The Hall–Kier alpha value is -2.56. The summed E-state index contributed by atoms with van der Waals surface area (Å²) in [7, 11) is 0. The fourth-order valence-electron chi connectivity index (χ4n) is 2.88. The van der Waals surface area contributed by atoms with Crippen LogP contribution in [0.15, 0.2) is 30.6 Å². The molecule has 0 amide bonds. The van der Waals surface area contributed by atoms with Crippen LogP contribution in [0.25, 0.3) is 22.2 Å². The molecule has 5 heteroatoms. The van der Waals surface area contributed by atoms with Crippen LogP contribution in [0.1, 0.15) is 12.5 Å². The summed E-state index contributed by atoms with van der Waals surface area (Å²) in [6, 6.07) is 5.22. The number of anilines is 1. The summed E-state index contributed by atoms with van der Waals surface area (Å²) in [5.74, 6) is 0.416. The molecule has 0 unspecified atom stereocenters. The first-order chi connectivity index (χ1) is 10.8. The van der Waals surface area contributed by atoms with Gasteiger partial charge in [-0.25, -0.2) is 9.37 Å². The predicted molar refractivity (Wildman–Crippen MR) is 84.9 cm³/mol. The number of aromatic amines is 1. The third kappa shape index (κ3) is 2.01. The molecule has 0 bridgehead atoms. The molecule has 0 saturated carbocycles. The highest BCUT2D eigenvalue weighted by Gasteiger charge is 2.16. The van der Waals surface area contributed by atoms with Gasteiger partial charge >= 0.3 is 0 Å². The first kappa shape index (κ1) is 13.1. The molecule has 1 aliphatic heterocycles. The van der Waals surface area contributed by atoms with E-state index in [9.17, 15) is 4.39 Å². The third-order valence-electron chi connectivity index (χ3n) is 4.05. The van der Waals surface area contributed by atoms with Crippen LogP contribution in [-0.2, 0) is 6.42 Å². The van der Waals surface area contributed by atoms with Gasteiger partial charge in [-0.1, -0.05) is 6.92 Å². The predicted octanol–water partition coefficient (Wildman–Crippen LogP) is 3.74. The van der Waals surface area contributed by atoms with Gasteiger partial charge in [0.15, 0.2) is 0 Å². The zero-order chi connectivity index (χ0) is 15.1. The van der Waals surface area contributed by atoms with Gasteiger partial charge in [-0.3, -0.25) is 0 Å². The fourth-order valence-corrected chi connectivity index (χ4v) is 2.88. The van der Waals surface area contributed by atoms with Gasteiger partial charge in [0.25, 0.3) is 0 Å². The Kier molecular flexibility index (Phi) is 2.99. The lowest BCUT2D eigenvalue weighted by atomic mass is 10.0. The number of benzene rings is 1. The van der Waals surface area contributed by atoms with E-state index in [-0.39, 0.29) is 5.82 Å². The number of hydrogen-bond donors (Lipinski definition) is 2. The number of halogens is 1. The van der Waals surface area contributed by atoms with E-state index in [2.05, 4.69) is 22.2 Å². The highest BCUT2D eigenvalue weighted by Crippen LogP contribution is 2.35. The Morgan fingerprint density at radius 1 is 1.32 bits per heavy atom. The molecule has 22 heavy (non-hydrogen) atoms. The molecule has 3 heterocycles. The zero-order valence-corrected chi connectivity index (χ0v) is 12.2. The molecular formula is C17H16FN3O. The van der Waals surface area contributed by atoms with Gasteiger partial charge in [-0.2, -0.15) is 0 Å². The van der Waals surface area contributed by atoms with Crippen LogP contribution >= 0.6 is 0 Å². The van der Waals surface area contributed by atoms with Crippen molar-refractivity contribution in [2.45, 2.75) is 13.3 Å². The summed E-state index contributed by atoms with van der Waals surface area (Å²) >= 11 is 0. The Balaban J connectivity index is 1.87. The molecule has 1 aromatic carbocycles. The minimum absolute atomic E-state index is 0.272. The van der Waals surface area contributed by atoms with Crippen LogP contribution in [0, 0.1) is 5.82 Å².